The van der Waals surface area contributed by atoms with Crippen molar-refractivity contribution in [2.75, 3.05) is 0 Å². The Labute approximate surface area is 327 Å². The molecule has 0 radical (unpaired) electrons. The van der Waals surface area contributed by atoms with Gasteiger partial charge in [0.25, 0.3) is 0 Å². The van der Waals surface area contributed by atoms with E-state index in [-0.39, 0.29) is 0 Å². The monoisotopic (exact) mass is 717 g/mol. The van der Waals surface area contributed by atoms with Crippen LogP contribution in [0.1, 0.15) is 0 Å². The van der Waals surface area contributed by atoms with Gasteiger partial charge in [-0.2, -0.15) is 0 Å². The van der Waals surface area contributed by atoms with Crippen LogP contribution in [0.2, 0.25) is 0 Å². The minimum Gasteiger partial charge on any atom is -0.455 e. The third kappa shape index (κ3) is 5.38. The van der Waals surface area contributed by atoms with Crippen LogP contribution in [0.25, 0.3) is 98.5 Å². The molecule has 55 heavy (non-hydrogen) atoms. The predicted octanol–water partition coefficient (Wildman–Crippen LogP) is 3.77. The van der Waals surface area contributed by atoms with Crippen LogP contribution in [0.15, 0.2) is 138 Å². The van der Waals surface area contributed by atoms with Crippen LogP contribution in [0.3, 0.4) is 0 Å². The summed E-state index contributed by atoms with van der Waals surface area (Å²) in [7, 11) is 11.1. The molecule has 10 aromatic rings. The predicted molar refractivity (Wildman–Crippen MR) is 248 cm³/mol. The molecule has 0 N–H and O–H groups in total. The number of nitrogens with zero attached hydrogens (tertiary/aromatic N) is 3. The van der Waals surface area contributed by atoms with Crippen LogP contribution in [0, 0.1) is 0 Å². The van der Waals surface area contributed by atoms with E-state index in [1.54, 1.807) is 0 Å². The summed E-state index contributed by atoms with van der Waals surface area (Å²) in [4.78, 5) is 15.5. The summed E-state index contributed by atoms with van der Waals surface area (Å²) in [5.41, 5.74) is 15.7. The highest BCUT2D eigenvalue weighted by molar-refractivity contribution is 7.26. The highest BCUT2D eigenvalue weighted by atomic mass is 32.1. The quantitative estimate of drug-likeness (QED) is 0.255. The number of thiophene rings is 1. The van der Waals surface area contributed by atoms with Gasteiger partial charge in [-0.25, -0.2) is 15.0 Å². The first-order valence-corrected chi connectivity index (χ1v) is 19.5. The van der Waals surface area contributed by atoms with Crippen molar-refractivity contribution >= 4 is 120 Å². The second-order valence-corrected chi connectivity index (χ2v) is 15.5. The first-order valence-electron chi connectivity index (χ1n) is 18.7. The fraction of sp³-hybridized carbons (Fsp3) is 0. The highest BCUT2D eigenvalue weighted by Gasteiger charge is 2.21. The van der Waals surface area contributed by atoms with E-state index in [0.717, 1.165) is 49.8 Å². The maximum Gasteiger partial charge on any atom is 0.164 e. The number of hydrogen-bond acceptors (Lipinski definition) is 5. The van der Waals surface area contributed by atoms with Gasteiger partial charge in [0.05, 0.1) is 0 Å². The average Bonchev–Trinajstić information content (AvgIpc) is 3.81. The van der Waals surface area contributed by atoms with Crippen molar-refractivity contribution in [1.29, 1.82) is 0 Å². The van der Waals surface area contributed by atoms with Crippen molar-refractivity contribution in [3.8, 4) is 56.4 Å². The molecule has 10 heteroatoms. The molecule has 0 spiro atoms. The molecule has 0 amide bonds. The fourth-order valence-corrected chi connectivity index (χ4v) is 9.52. The van der Waals surface area contributed by atoms with Gasteiger partial charge in [-0.3, -0.25) is 0 Å². The molecule has 3 aromatic heterocycles. The van der Waals surface area contributed by atoms with Crippen LogP contribution < -0.4 is 27.3 Å². The lowest BCUT2D eigenvalue weighted by atomic mass is 9.59. The summed E-state index contributed by atoms with van der Waals surface area (Å²) >= 11 is 1.83. The van der Waals surface area contributed by atoms with Gasteiger partial charge in [-0.1, -0.05) is 126 Å². The number of hydrogen-bond donors (Lipinski definition) is 0. The van der Waals surface area contributed by atoms with Crippen molar-refractivity contribution in [2.45, 2.75) is 0 Å². The first-order chi connectivity index (χ1) is 26.9. The van der Waals surface area contributed by atoms with E-state index in [1.165, 1.54) is 58.6 Å². The van der Waals surface area contributed by atoms with Crippen molar-refractivity contribution < 1.29 is 4.42 Å². The zero-order valence-corrected chi connectivity index (χ0v) is 32.2. The van der Waals surface area contributed by atoms with E-state index in [2.05, 4.69) is 142 Å². The van der Waals surface area contributed by atoms with E-state index in [1.807, 2.05) is 41.7 Å². The van der Waals surface area contributed by atoms with Crippen LogP contribution in [0.5, 0.6) is 0 Å². The molecule has 0 bridgehead atoms. The molecule has 0 unspecified atom stereocenters. The molecule has 4 nitrogen and oxygen atoms in total. The van der Waals surface area contributed by atoms with Crippen LogP contribution in [0.4, 0.5) is 0 Å². The molecule has 254 valence electrons. The molecule has 0 fully saturated rings. The topological polar surface area (TPSA) is 51.8 Å². The Morgan fingerprint density at radius 2 is 1.00 bits per heavy atom. The van der Waals surface area contributed by atoms with E-state index in [4.69, 9.17) is 19.4 Å². The summed E-state index contributed by atoms with van der Waals surface area (Å²) in [6.45, 7) is 0. The molecule has 0 atom stereocenters. The Balaban J connectivity index is 1.18. The Morgan fingerprint density at radius 3 is 1.80 bits per heavy atom. The number of aromatic nitrogens is 3. The molecule has 10 rings (SSSR count). The molecule has 0 saturated carbocycles. The zero-order chi connectivity index (χ0) is 37.4. The summed E-state index contributed by atoms with van der Waals surface area (Å²) in [6.07, 6.45) is 0. The van der Waals surface area contributed by atoms with Crippen LogP contribution in [-0.2, 0) is 0 Å². The van der Waals surface area contributed by atoms with E-state index < -0.39 is 0 Å². The normalized spacial score (nSPS) is 11.6. The highest BCUT2D eigenvalue weighted by Crippen LogP contribution is 2.44. The third-order valence-corrected chi connectivity index (χ3v) is 12.8. The summed E-state index contributed by atoms with van der Waals surface area (Å²) < 4.78 is 9.34. The summed E-state index contributed by atoms with van der Waals surface area (Å²) in [5, 5.41) is 4.57. The summed E-state index contributed by atoms with van der Waals surface area (Å²) in [6, 6.07) is 46.7. The molecule has 3 heterocycles. The maximum atomic E-state index is 6.80. The minimum absolute atomic E-state index is 0.606. The van der Waals surface area contributed by atoms with Crippen molar-refractivity contribution in [3.63, 3.8) is 0 Å². The lowest BCUT2D eigenvalue weighted by molar-refractivity contribution is 0.670. The number of rotatable bonds is 5. The number of fused-ring (bicyclic) bond motifs is 6. The largest absolute Gasteiger partial charge is 0.455 e. The van der Waals surface area contributed by atoms with Gasteiger partial charge in [0.15, 0.2) is 17.5 Å². The van der Waals surface area contributed by atoms with Crippen molar-refractivity contribution in [2.24, 2.45) is 0 Å². The van der Waals surface area contributed by atoms with Gasteiger partial charge in [0.1, 0.15) is 50.4 Å². The van der Waals surface area contributed by atoms with E-state index >= 15 is 0 Å². The minimum atomic E-state index is 0.606. The van der Waals surface area contributed by atoms with Gasteiger partial charge >= 0.3 is 0 Å². The second-order valence-electron chi connectivity index (χ2n) is 14.5. The smallest absolute Gasteiger partial charge is 0.164 e. The Hall–Kier alpha value is -6.11. The summed E-state index contributed by atoms with van der Waals surface area (Å²) in [5.74, 6) is 1.86. The number of para-hydroxylation sites is 1. The molecular formula is C45H32B5N3OS. The SMILES string of the molecule is Bc1c(B)c(B)c(-c2cccc(-c3nc(-c4ccccc4)nc(-c4cccc5oc6c(-c7cccc8c7sc7ccccc78)cccc6c45)n3)c2)c(B)c1B. The Kier molecular flexibility index (Phi) is 7.93. The molecule has 0 saturated heterocycles. The fourth-order valence-electron chi connectivity index (χ4n) is 8.29. The maximum absolute atomic E-state index is 6.80. The standard InChI is InChI=1S/C45H32B5N3OS/c46-36-34(37(47)39(49)40(50)38(36)48)24-12-6-13-25(22-24)44-51-43(23-10-2-1-3-11-23)52-45(53-44)31-19-9-20-32-35(31)30-18-7-15-27(41(30)54-32)29-17-8-16-28-26-14-4-5-21-33(26)55-42(28)29/h1-22H,46-50H2. The van der Waals surface area contributed by atoms with Crippen molar-refractivity contribution in [1.82, 2.24) is 15.0 Å². The lowest BCUT2D eigenvalue weighted by Gasteiger charge is -2.20. The second kappa shape index (κ2) is 13.0. The van der Waals surface area contributed by atoms with E-state index in [9.17, 15) is 0 Å². The van der Waals surface area contributed by atoms with Gasteiger partial charge < -0.3 is 4.42 Å². The third-order valence-electron chi connectivity index (χ3n) is 11.5. The zero-order valence-electron chi connectivity index (χ0n) is 31.4. The molecule has 0 aliphatic rings. The molecular weight excluding hydrogens is 685 g/mol. The number of benzene rings is 7. The first kappa shape index (κ1) is 33.5. The number of furan rings is 1. The lowest BCUT2D eigenvalue weighted by Crippen LogP contribution is -2.55. The molecule has 0 aliphatic carbocycles. The van der Waals surface area contributed by atoms with Gasteiger partial charge in [0, 0.05) is 58.8 Å². The molecule has 7 aromatic carbocycles. The average molecular weight is 717 g/mol. The van der Waals surface area contributed by atoms with Gasteiger partial charge in [0.2, 0.25) is 0 Å². The van der Waals surface area contributed by atoms with Crippen molar-refractivity contribution in [3.05, 3.63) is 133 Å². The Bertz CT molecular complexity index is 3150. The van der Waals surface area contributed by atoms with Gasteiger partial charge in [-0.05, 0) is 29.3 Å². The Morgan fingerprint density at radius 1 is 0.436 bits per heavy atom. The van der Waals surface area contributed by atoms with Crippen LogP contribution >= 0.6 is 11.3 Å². The van der Waals surface area contributed by atoms with Gasteiger partial charge in [-0.15, -0.1) is 27.7 Å². The molecule has 0 aliphatic heterocycles. The van der Waals surface area contributed by atoms with E-state index in [0.29, 0.717) is 17.5 Å². The van der Waals surface area contributed by atoms with Crippen LogP contribution in [-0.4, -0.2) is 54.2 Å².